The molecule has 0 radical (unpaired) electrons. The van der Waals surface area contributed by atoms with Crippen molar-refractivity contribution in [2.75, 3.05) is 52.0 Å². The first kappa shape index (κ1) is 37.7. The summed E-state index contributed by atoms with van der Waals surface area (Å²) in [4.78, 5) is 35.6. The predicted molar refractivity (Wildman–Crippen MR) is 210 cm³/mol. The number of methoxy groups -OCH3 is 2. The fourth-order valence-corrected chi connectivity index (χ4v) is 7.78. The van der Waals surface area contributed by atoms with Gasteiger partial charge >= 0.3 is 0 Å². The van der Waals surface area contributed by atoms with Gasteiger partial charge in [-0.3, -0.25) is 14.5 Å². The van der Waals surface area contributed by atoms with Crippen LogP contribution in [0.3, 0.4) is 0 Å². The Labute approximate surface area is 321 Å². The lowest BCUT2D eigenvalue weighted by Gasteiger charge is -2.40. The Bertz CT molecular complexity index is 2210. The standard InChI is InChI=1S/C44H47FN4O6/c1-28-31(11-8-12-41(28)53-4)25-48(33-13-15-35(50)16-14-33)43(51)36-23-40(46(3)29(36)2)37-22-39(45)42(54-5)24-38(37)44(52)49-26-32-10-7-6-9-30(32)21-34(49)27-47-17-19-55-20-18-47/h6-16,22-24,34,50H,17-21,25-27H2,1-5H3/t34-/m0/s1. The summed E-state index contributed by atoms with van der Waals surface area (Å²) in [7, 11) is 4.81. The molecule has 1 aromatic heterocycles. The molecule has 3 heterocycles. The van der Waals surface area contributed by atoms with Gasteiger partial charge in [-0.15, -0.1) is 0 Å². The number of carbonyl (C=O) groups excluding carboxylic acids is 2. The molecule has 1 saturated heterocycles. The number of phenolic OH excluding ortho intramolecular Hbond substituents is 1. The van der Waals surface area contributed by atoms with Gasteiger partial charge in [-0.25, -0.2) is 4.39 Å². The number of phenols is 1. The number of hydrogen-bond acceptors (Lipinski definition) is 7. The van der Waals surface area contributed by atoms with Crippen LogP contribution < -0.4 is 14.4 Å². The molecule has 5 aromatic rings. The lowest BCUT2D eigenvalue weighted by atomic mass is 9.92. The molecule has 10 nitrogen and oxygen atoms in total. The third kappa shape index (κ3) is 7.54. The number of carbonyl (C=O) groups is 2. The minimum absolute atomic E-state index is 0.0383. The van der Waals surface area contributed by atoms with Crippen LogP contribution in [0.4, 0.5) is 10.1 Å². The Morgan fingerprint density at radius 1 is 0.891 bits per heavy atom. The number of halogens is 1. The second kappa shape index (κ2) is 16.0. The van der Waals surface area contributed by atoms with E-state index in [0.29, 0.717) is 66.7 Å². The van der Waals surface area contributed by atoms with Gasteiger partial charge < -0.3 is 33.7 Å². The van der Waals surface area contributed by atoms with Gasteiger partial charge in [0.15, 0.2) is 11.6 Å². The Morgan fingerprint density at radius 2 is 1.60 bits per heavy atom. The number of nitrogens with zero attached hydrogens (tertiary/aromatic N) is 4. The van der Waals surface area contributed by atoms with Gasteiger partial charge in [-0.2, -0.15) is 0 Å². The van der Waals surface area contributed by atoms with Gasteiger partial charge in [0, 0.05) is 61.9 Å². The minimum atomic E-state index is -0.617. The van der Waals surface area contributed by atoms with Crippen LogP contribution in [0, 0.1) is 19.7 Å². The van der Waals surface area contributed by atoms with E-state index in [0.717, 1.165) is 29.8 Å². The number of anilines is 1. The van der Waals surface area contributed by atoms with Crippen molar-refractivity contribution >= 4 is 17.5 Å². The molecule has 0 spiro atoms. The smallest absolute Gasteiger partial charge is 0.260 e. The van der Waals surface area contributed by atoms with E-state index < -0.39 is 5.82 Å². The summed E-state index contributed by atoms with van der Waals surface area (Å²) in [5, 5.41) is 10.1. The molecule has 1 N–H and O–H groups in total. The first-order chi connectivity index (χ1) is 26.6. The van der Waals surface area contributed by atoms with Crippen LogP contribution >= 0.6 is 0 Å². The molecule has 1 fully saturated rings. The van der Waals surface area contributed by atoms with Crippen LogP contribution in [-0.2, 0) is 31.3 Å². The normalized spacial score (nSPS) is 15.7. The quantitative estimate of drug-likeness (QED) is 0.166. The average Bonchev–Trinajstić information content (AvgIpc) is 3.50. The number of benzene rings is 4. The highest BCUT2D eigenvalue weighted by Gasteiger charge is 2.35. The lowest BCUT2D eigenvalue weighted by Crippen LogP contribution is -2.52. The van der Waals surface area contributed by atoms with Crippen molar-refractivity contribution in [3.63, 3.8) is 0 Å². The maximum atomic E-state index is 15.7. The molecule has 0 aliphatic carbocycles. The number of morpholine rings is 1. The molecular formula is C44H47FN4O6. The van der Waals surface area contributed by atoms with Gasteiger partial charge in [0.2, 0.25) is 0 Å². The zero-order valence-electron chi connectivity index (χ0n) is 32.0. The van der Waals surface area contributed by atoms with Crippen molar-refractivity contribution in [2.24, 2.45) is 7.05 Å². The summed E-state index contributed by atoms with van der Waals surface area (Å²) < 4.78 is 34.2. The fraction of sp³-hybridized carbons (Fsp3) is 0.318. The predicted octanol–water partition coefficient (Wildman–Crippen LogP) is 6.92. The van der Waals surface area contributed by atoms with E-state index >= 15 is 4.39 Å². The van der Waals surface area contributed by atoms with Gasteiger partial charge in [0.05, 0.1) is 45.1 Å². The first-order valence-electron chi connectivity index (χ1n) is 18.5. The van der Waals surface area contributed by atoms with Crippen molar-refractivity contribution in [1.82, 2.24) is 14.4 Å². The molecule has 2 aliphatic heterocycles. The molecule has 286 valence electrons. The molecule has 4 aromatic carbocycles. The van der Waals surface area contributed by atoms with E-state index in [-0.39, 0.29) is 41.5 Å². The molecule has 2 aliphatic rings. The molecule has 11 heteroatoms. The minimum Gasteiger partial charge on any atom is -0.508 e. The second-order valence-corrected chi connectivity index (χ2v) is 14.2. The number of aromatic hydroxyl groups is 1. The van der Waals surface area contributed by atoms with Crippen LogP contribution in [-0.4, -0.2) is 84.4 Å². The highest BCUT2D eigenvalue weighted by Crippen LogP contribution is 2.36. The fourth-order valence-electron chi connectivity index (χ4n) is 7.78. The summed E-state index contributed by atoms with van der Waals surface area (Å²) in [6.07, 6.45) is 0.689. The molecule has 2 amide bonds. The zero-order chi connectivity index (χ0) is 38.8. The summed E-state index contributed by atoms with van der Waals surface area (Å²) >= 11 is 0. The number of rotatable bonds is 10. The van der Waals surface area contributed by atoms with Crippen molar-refractivity contribution in [2.45, 2.75) is 39.4 Å². The summed E-state index contributed by atoms with van der Waals surface area (Å²) in [6, 6.07) is 24.8. The van der Waals surface area contributed by atoms with E-state index in [9.17, 15) is 14.7 Å². The van der Waals surface area contributed by atoms with E-state index in [1.165, 1.54) is 24.8 Å². The lowest BCUT2D eigenvalue weighted by molar-refractivity contribution is 0.0193. The van der Waals surface area contributed by atoms with E-state index in [2.05, 4.69) is 17.0 Å². The maximum Gasteiger partial charge on any atom is 0.260 e. The highest BCUT2D eigenvalue weighted by atomic mass is 19.1. The Kier molecular flexibility index (Phi) is 10.9. The van der Waals surface area contributed by atoms with Crippen LogP contribution in [0.5, 0.6) is 17.2 Å². The second-order valence-electron chi connectivity index (χ2n) is 14.2. The van der Waals surface area contributed by atoms with Crippen LogP contribution in [0.15, 0.2) is 84.9 Å². The number of ether oxygens (including phenoxy) is 3. The number of amides is 2. The molecule has 55 heavy (non-hydrogen) atoms. The zero-order valence-corrected chi connectivity index (χ0v) is 32.0. The van der Waals surface area contributed by atoms with Gasteiger partial charge in [0.1, 0.15) is 11.5 Å². The number of hydrogen-bond donors (Lipinski definition) is 1. The van der Waals surface area contributed by atoms with Crippen molar-refractivity contribution in [3.05, 3.63) is 130 Å². The van der Waals surface area contributed by atoms with Crippen molar-refractivity contribution < 1.29 is 33.3 Å². The topological polar surface area (TPSA) is 96.7 Å². The molecule has 0 bridgehead atoms. The first-order valence-corrected chi connectivity index (χ1v) is 18.5. The molecule has 0 saturated carbocycles. The number of fused-ring (bicyclic) bond motifs is 1. The van der Waals surface area contributed by atoms with Crippen molar-refractivity contribution in [1.29, 1.82) is 0 Å². The summed E-state index contributed by atoms with van der Waals surface area (Å²) in [6.45, 7) is 7.96. The maximum absolute atomic E-state index is 15.7. The SMILES string of the molecule is COc1cc(C(=O)N2Cc3ccccc3C[C@H]2CN2CCOCC2)c(-c2cc(C(=O)N(Cc3cccc(OC)c3C)c3ccc(O)cc3)c(C)n2C)cc1F. The third-order valence-corrected chi connectivity index (χ3v) is 11.1. The van der Waals surface area contributed by atoms with Crippen LogP contribution in [0.2, 0.25) is 0 Å². The highest BCUT2D eigenvalue weighted by molar-refractivity contribution is 6.08. The number of aromatic nitrogens is 1. The average molecular weight is 747 g/mol. The molecule has 1 atom stereocenters. The largest absolute Gasteiger partial charge is 0.508 e. The Balaban J connectivity index is 1.30. The van der Waals surface area contributed by atoms with Gasteiger partial charge in [0.25, 0.3) is 11.8 Å². The summed E-state index contributed by atoms with van der Waals surface area (Å²) in [5.74, 6) is -0.413. The molecule has 7 rings (SSSR count). The Morgan fingerprint density at radius 3 is 2.31 bits per heavy atom. The van der Waals surface area contributed by atoms with E-state index in [1.54, 1.807) is 42.3 Å². The Hall–Kier alpha value is -5.65. The molecule has 0 unspecified atom stereocenters. The van der Waals surface area contributed by atoms with Crippen LogP contribution in [0.25, 0.3) is 11.3 Å². The van der Waals surface area contributed by atoms with Gasteiger partial charge in [-0.1, -0.05) is 36.4 Å². The van der Waals surface area contributed by atoms with Gasteiger partial charge in [-0.05, 0) is 91.1 Å². The van der Waals surface area contributed by atoms with Crippen molar-refractivity contribution in [3.8, 4) is 28.5 Å². The molecular weight excluding hydrogens is 700 g/mol. The van der Waals surface area contributed by atoms with E-state index in [1.807, 2.05) is 60.7 Å². The summed E-state index contributed by atoms with van der Waals surface area (Å²) in [5.41, 5.74) is 6.83. The van der Waals surface area contributed by atoms with E-state index in [4.69, 9.17) is 14.2 Å². The third-order valence-electron chi connectivity index (χ3n) is 11.1. The van der Waals surface area contributed by atoms with Crippen LogP contribution in [0.1, 0.15) is 48.7 Å². The monoisotopic (exact) mass is 746 g/mol.